The van der Waals surface area contributed by atoms with Crippen molar-refractivity contribution in [3.63, 3.8) is 0 Å². The fourth-order valence-electron chi connectivity index (χ4n) is 2.33. The molecule has 1 atom stereocenters. The molecule has 2 N–H and O–H groups in total. The summed E-state index contributed by atoms with van der Waals surface area (Å²) >= 11 is 0. The van der Waals surface area contributed by atoms with Gasteiger partial charge in [0.05, 0.1) is 5.52 Å². The average molecular weight is 252 g/mol. The molecule has 3 rings (SSSR count). The summed E-state index contributed by atoms with van der Waals surface area (Å²) in [4.78, 5) is 7.88. The monoisotopic (exact) mass is 252 g/mol. The third-order valence-electron chi connectivity index (χ3n) is 3.55. The first-order valence-electron chi connectivity index (χ1n) is 6.40. The maximum Gasteiger partial charge on any atom is 0.141 e. The molecule has 0 bridgehead atoms. The van der Waals surface area contributed by atoms with Crippen LogP contribution < -0.4 is 0 Å². The second-order valence-electron chi connectivity index (χ2n) is 4.88. The Morgan fingerprint density at radius 1 is 1.11 bits per heavy atom. The molecule has 0 spiro atoms. The number of fused-ring (bicyclic) bond motifs is 1. The van der Waals surface area contributed by atoms with Crippen LogP contribution in [-0.2, 0) is 0 Å². The van der Waals surface area contributed by atoms with Crippen LogP contribution in [0, 0.1) is 6.92 Å². The van der Waals surface area contributed by atoms with Gasteiger partial charge >= 0.3 is 0 Å². The van der Waals surface area contributed by atoms with E-state index in [1.165, 1.54) is 5.56 Å². The largest absolute Gasteiger partial charge is 0.506 e. The SMILES string of the molecule is Cc1ccc(O)c2[nH]c(C(C)c3ccccc3)nc12. The summed E-state index contributed by atoms with van der Waals surface area (Å²) in [6.07, 6.45) is 0. The molecule has 0 amide bonds. The van der Waals surface area contributed by atoms with E-state index in [0.717, 1.165) is 22.4 Å². The van der Waals surface area contributed by atoms with Crippen LogP contribution in [0.5, 0.6) is 5.75 Å². The number of hydrogen-bond donors (Lipinski definition) is 2. The van der Waals surface area contributed by atoms with Gasteiger partial charge in [0.15, 0.2) is 0 Å². The third-order valence-corrected chi connectivity index (χ3v) is 3.55. The number of phenolic OH excluding ortho intramolecular Hbond substituents is 1. The molecule has 0 aliphatic heterocycles. The number of H-pyrrole nitrogens is 1. The Balaban J connectivity index is 2.12. The molecule has 3 heteroatoms. The zero-order valence-corrected chi connectivity index (χ0v) is 11.0. The van der Waals surface area contributed by atoms with Gasteiger partial charge in [-0.05, 0) is 24.1 Å². The molecule has 0 radical (unpaired) electrons. The Morgan fingerprint density at radius 2 is 1.84 bits per heavy atom. The van der Waals surface area contributed by atoms with E-state index in [1.54, 1.807) is 6.07 Å². The van der Waals surface area contributed by atoms with E-state index in [9.17, 15) is 5.11 Å². The van der Waals surface area contributed by atoms with Crippen molar-refractivity contribution in [3.05, 3.63) is 59.4 Å². The molecule has 0 aliphatic rings. The molecule has 0 fully saturated rings. The van der Waals surface area contributed by atoms with Gasteiger partial charge in [-0.2, -0.15) is 0 Å². The first-order chi connectivity index (χ1) is 9.16. The predicted molar refractivity (Wildman–Crippen MR) is 76.5 cm³/mol. The molecule has 19 heavy (non-hydrogen) atoms. The van der Waals surface area contributed by atoms with Gasteiger partial charge < -0.3 is 10.1 Å². The Kier molecular flexibility index (Phi) is 2.75. The van der Waals surface area contributed by atoms with Gasteiger partial charge in [0.25, 0.3) is 0 Å². The van der Waals surface area contributed by atoms with Gasteiger partial charge in [-0.15, -0.1) is 0 Å². The first-order valence-corrected chi connectivity index (χ1v) is 6.40. The van der Waals surface area contributed by atoms with Crippen LogP contribution in [0.15, 0.2) is 42.5 Å². The van der Waals surface area contributed by atoms with E-state index in [-0.39, 0.29) is 11.7 Å². The number of nitrogens with one attached hydrogen (secondary N) is 1. The van der Waals surface area contributed by atoms with Crippen molar-refractivity contribution in [2.45, 2.75) is 19.8 Å². The molecule has 0 aliphatic carbocycles. The number of benzene rings is 2. The molecule has 0 saturated heterocycles. The maximum absolute atomic E-state index is 9.89. The van der Waals surface area contributed by atoms with Gasteiger partial charge in [-0.25, -0.2) is 4.98 Å². The molecule has 1 aromatic heterocycles. The number of aromatic nitrogens is 2. The summed E-state index contributed by atoms with van der Waals surface area (Å²) in [7, 11) is 0. The summed E-state index contributed by atoms with van der Waals surface area (Å²) in [5.41, 5.74) is 3.84. The smallest absolute Gasteiger partial charge is 0.141 e. The lowest BCUT2D eigenvalue weighted by molar-refractivity contribution is 0.480. The van der Waals surface area contributed by atoms with Crippen molar-refractivity contribution in [1.82, 2.24) is 9.97 Å². The summed E-state index contributed by atoms with van der Waals surface area (Å²) in [5, 5.41) is 9.89. The van der Waals surface area contributed by atoms with Crippen LogP contribution in [0.1, 0.15) is 29.8 Å². The molecule has 3 nitrogen and oxygen atoms in total. The fraction of sp³-hybridized carbons (Fsp3) is 0.188. The molecule has 1 heterocycles. The number of aromatic amines is 1. The Bertz CT molecular complexity index is 677. The highest BCUT2D eigenvalue weighted by Gasteiger charge is 2.15. The van der Waals surface area contributed by atoms with Gasteiger partial charge in [-0.3, -0.25) is 0 Å². The quantitative estimate of drug-likeness (QED) is 0.730. The van der Waals surface area contributed by atoms with E-state index in [1.807, 2.05) is 31.2 Å². The molecule has 3 aromatic rings. The van der Waals surface area contributed by atoms with Gasteiger partial charge in [-0.1, -0.05) is 43.3 Å². The number of hydrogen-bond acceptors (Lipinski definition) is 2. The first kappa shape index (κ1) is 11.8. The van der Waals surface area contributed by atoms with E-state index in [4.69, 9.17) is 0 Å². The van der Waals surface area contributed by atoms with Crippen molar-refractivity contribution in [3.8, 4) is 5.75 Å². The minimum atomic E-state index is 0.174. The van der Waals surface area contributed by atoms with Crippen LogP contribution in [0.2, 0.25) is 0 Å². The Labute approximate surface area is 111 Å². The molecule has 2 aromatic carbocycles. The lowest BCUT2D eigenvalue weighted by Crippen LogP contribution is -1.97. The summed E-state index contributed by atoms with van der Waals surface area (Å²) in [6, 6.07) is 13.8. The maximum atomic E-state index is 9.89. The molecule has 1 unspecified atom stereocenters. The van der Waals surface area contributed by atoms with E-state index in [2.05, 4.69) is 29.0 Å². The van der Waals surface area contributed by atoms with Crippen LogP contribution in [-0.4, -0.2) is 15.1 Å². The van der Waals surface area contributed by atoms with Crippen LogP contribution >= 0.6 is 0 Å². The summed E-state index contributed by atoms with van der Waals surface area (Å²) in [5.74, 6) is 1.30. The highest BCUT2D eigenvalue weighted by atomic mass is 16.3. The van der Waals surface area contributed by atoms with E-state index >= 15 is 0 Å². The Hall–Kier alpha value is -2.29. The second kappa shape index (κ2) is 4.43. The zero-order valence-electron chi connectivity index (χ0n) is 11.0. The van der Waals surface area contributed by atoms with Crippen molar-refractivity contribution in [1.29, 1.82) is 0 Å². The standard InChI is InChI=1S/C16H16N2O/c1-10-8-9-13(19)15-14(10)17-16(18-15)11(2)12-6-4-3-5-7-12/h3-9,11,19H,1-2H3,(H,17,18). The average Bonchev–Trinajstić information content (AvgIpc) is 2.89. The number of aromatic hydroxyl groups is 1. The lowest BCUT2D eigenvalue weighted by Gasteiger charge is -2.07. The second-order valence-corrected chi connectivity index (χ2v) is 4.88. The predicted octanol–water partition coefficient (Wildman–Crippen LogP) is 3.73. The minimum Gasteiger partial charge on any atom is -0.506 e. The number of aryl methyl sites for hydroxylation is 1. The normalized spacial score (nSPS) is 12.7. The fourth-order valence-corrected chi connectivity index (χ4v) is 2.33. The minimum absolute atomic E-state index is 0.174. The number of phenols is 1. The summed E-state index contributed by atoms with van der Waals surface area (Å²) in [6.45, 7) is 4.11. The van der Waals surface area contributed by atoms with Crippen LogP contribution in [0.25, 0.3) is 11.0 Å². The van der Waals surface area contributed by atoms with Crippen LogP contribution in [0.4, 0.5) is 0 Å². The van der Waals surface area contributed by atoms with Crippen molar-refractivity contribution in [2.75, 3.05) is 0 Å². The lowest BCUT2D eigenvalue weighted by atomic mass is 10.0. The number of rotatable bonds is 2. The van der Waals surface area contributed by atoms with Crippen molar-refractivity contribution >= 4 is 11.0 Å². The highest BCUT2D eigenvalue weighted by Crippen LogP contribution is 2.29. The van der Waals surface area contributed by atoms with Crippen molar-refractivity contribution in [2.24, 2.45) is 0 Å². The van der Waals surface area contributed by atoms with Gasteiger partial charge in [0, 0.05) is 5.92 Å². The molecule has 0 saturated carbocycles. The molecular weight excluding hydrogens is 236 g/mol. The number of nitrogens with zero attached hydrogens (tertiary/aromatic N) is 1. The summed E-state index contributed by atoms with van der Waals surface area (Å²) < 4.78 is 0. The third kappa shape index (κ3) is 1.97. The Morgan fingerprint density at radius 3 is 2.53 bits per heavy atom. The van der Waals surface area contributed by atoms with Gasteiger partial charge in [0.2, 0.25) is 0 Å². The molecule has 96 valence electrons. The zero-order chi connectivity index (χ0) is 13.4. The van der Waals surface area contributed by atoms with Crippen LogP contribution in [0.3, 0.4) is 0 Å². The molecular formula is C16H16N2O. The van der Waals surface area contributed by atoms with Crippen molar-refractivity contribution < 1.29 is 5.11 Å². The highest BCUT2D eigenvalue weighted by molar-refractivity contribution is 5.84. The topological polar surface area (TPSA) is 48.9 Å². The van der Waals surface area contributed by atoms with E-state index in [0.29, 0.717) is 0 Å². The van der Waals surface area contributed by atoms with Gasteiger partial charge in [0.1, 0.15) is 17.1 Å². The van der Waals surface area contributed by atoms with E-state index < -0.39 is 0 Å². The number of imidazole rings is 1.